The van der Waals surface area contributed by atoms with E-state index in [4.69, 9.17) is 23.2 Å². The van der Waals surface area contributed by atoms with Gasteiger partial charge in [-0.1, -0.05) is 60.5 Å². The molecule has 40 heavy (non-hydrogen) atoms. The number of nitrogens with zero attached hydrogens (tertiary/aromatic N) is 3. The van der Waals surface area contributed by atoms with E-state index in [0.717, 1.165) is 10.4 Å². The molecular formula is C27H28Cl2N4O6S. The van der Waals surface area contributed by atoms with Gasteiger partial charge in [-0.3, -0.25) is 24.0 Å². The number of hydrogen-bond donors (Lipinski definition) is 1. The monoisotopic (exact) mass is 606 g/mol. The summed E-state index contributed by atoms with van der Waals surface area (Å²) in [5, 5.41) is 14.7. The van der Waals surface area contributed by atoms with Crippen LogP contribution in [0, 0.1) is 10.1 Å². The summed E-state index contributed by atoms with van der Waals surface area (Å²) < 4.78 is 28.3. The Morgan fingerprint density at radius 3 is 2.23 bits per heavy atom. The average Bonchev–Trinajstić information content (AvgIpc) is 2.94. The van der Waals surface area contributed by atoms with Gasteiger partial charge >= 0.3 is 0 Å². The maximum absolute atomic E-state index is 13.9. The van der Waals surface area contributed by atoms with E-state index in [1.807, 2.05) is 6.92 Å². The van der Waals surface area contributed by atoms with Gasteiger partial charge in [0.1, 0.15) is 12.6 Å². The van der Waals surface area contributed by atoms with Crippen molar-refractivity contribution in [1.29, 1.82) is 0 Å². The third-order valence-electron chi connectivity index (χ3n) is 6.05. The molecule has 0 heterocycles. The zero-order valence-corrected chi connectivity index (χ0v) is 24.1. The van der Waals surface area contributed by atoms with Crippen LogP contribution < -0.4 is 9.62 Å². The van der Waals surface area contributed by atoms with Crippen molar-refractivity contribution < 1.29 is 22.9 Å². The second-order valence-electron chi connectivity index (χ2n) is 8.79. The third kappa shape index (κ3) is 7.29. The van der Waals surface area contributed by atoms with Crippen LogP contribution >= 0.6 is 23.2 Å². The van der Waals surface area contributed by atoms with Crippen LogP contribution in [-0.2, 0) is 26.2 Å². The van der Waals surface area contributed by atoms with Gasteiger partial charge in [-0.15, -0.1) is 0 Å². The topological polar surface area (TPSA) is 130 Å². The van der Waals surface area contributed by atoms with Gasteiger partial charge in [-0.2, -0.15) is 0 Å². The molecule has 0 aliphatic rings. The first-order valence-electron chi connectivity index (χ1n) is 12.3. The molecule has 0 spiro atoms. The minimum atomic E-state index is -4.36. The number of sulfonamides is 1. The lowest BCUT2D eigenvalue weighted by atomic mass is 10.1. The highest BCUT2D eigenvalue weighted by Gasteiger charge is 2.33. The smallest absolute Gasteiger partial charge is 0.271 e. The number of carbonyl (C=O) groups is 2. The molecule has 0 aliphatic heterocycles. The van der Waals surface area contributed by atoms with Crippen molar-refractivity contribution in [2.24, 2.45) is 0 Å². The van der Waals surface area contributed by atoms with E-state index in [-0.39, 0.29) is 32.9 Å². The molecule has 0 aliphatic carbocycles. The van der Waals surface area contributed by atoms with Crippen LogP contribution in [0.25, 0.3) is 0 Å². The molecule has 3 aromatic carbocycles. The summed E-state index contributed by atoms with van der Waals surface area (Å²) in [6, 6.07) is 16.1. The largest absolute Gasteiger partial charge is 0.354 e. The Balaban J connectivity index is 2.09. The fourth-order valence-electron chi connectivity index (χ4n) is 3.84. The maximum atomic E-state index is 13.9. The number of halogens is 2. The fourth-order valence-corrected chi connectivity index (χ4v) is 5.79. The number of amides is 2. The number of nitrogens with one attached hydrogen (secondary N) is 1. The Hall–Kier alpha value is -3.67. The van der Waals surface area contributed by atoms with Crippen LogP contribution in [0.1, 0.15) is 25.8 Å². The van der Waals surface area contributed by atoms with Gasteiger partial charge in [0.25, 0.3) is 15.7 Å². The summed E-state index contributed by atoms with van der Waals surface area (Å²) in [7, 11) is -4.36. The second kappa shape index (κ2) is 13.6. The molecule has 0 bridgehead atoms. The number of non-ortho nitro benzene ring substituents is 1. The SMILES string of the molecule is CCCNC(=O)[C@@H](C)N(Cc1c(Cl)cccc1Cl)C(=O)CN(c1cccc([N+](=O)[O-])c1)S(=O)(=O)c1ccccc1. The molecular weight excluding hydrogens is 579 g/mol. The third-order valence-corrected chi connectivity index (χ3v) is 8.54. The average molecular weight is 608 g/mol. The molecule has 13 heteroatoms. The first kappa shape index (κ1) is 30.9. The van der Waals surface area contributed by atoms with Crippen LogP contribution in [0.3, 0.4) is 0 Å². The van der Waals surface area contributed by atoms with E-state index in [0.29, 0.717) is 18.5 Å². The molecule has 2 amide bonds. The van der Waals surface area contributed by atoms with Crippen molar-refractivity contribution in [3.8, 4) is 0 Å². The number of nitro benzene ring substituents is 1. The fraction of sp³-hybridized carbons (Fsp3) is 0.259. The lowest BCUT2D eigenvalue weighted by molar-refractivity contribution is -0.384. The van der Waals surface area contributed by atoms with Gasteiger partial charge in [-0.25, -0.2) is 8.42 Å². The first-order chi connectivity index (χ1) is 19.0. The Bertz CT molecular complexity index is 1470. The Morgan fingerprint density at radius 2 is 1.62 bits per heavy atom. The second-order valence-corrected chi connectivity index (χ2v) is 11.5. The highest BCUT2D eigenvalue weighted by molar-refractivity contribution is 7.92. The molecule has 0 saturated heterocycles. The standard InChI is InChI=1S/C27H28Cl2N4O6S/c1-3-15-30-27(35)19(2)31(17-23-24(28)13-8-14-25(23)29)26(34)18-32(20-9-7-10-21(16-20)33(36)37)40(38,39)22-11-5-4-6-12-22/h4-14,16,19H,3,15,17-18H2,1-2H3,(H,30,35)/t19-/m1/s1. The zero-order valence-electron chi connectivity index (χ0n) is 21.8. The lowest BCUT2D eigenvalue weighted by Gasteiger charge is -2.32. The molecule has 1 N–H and O–H groups in total. The predicted molar refractivity (Wildman–Crippen MR) is 154 cm³/mol. The van der Waals surface area contributed by atoms with Crippen LogP contribution in [0.15, 0.2) is 77.7 Å². The molecule has 212 valence electrons. The van der Waals surface area contributed by atoms with Crippen molar-refractivity contribution in [2.45, 2.75) is 37.8 Å². The van der Waals surface area contributed by atoms with E-state index in [2.05, 4.69) is 5.32 Å². The highest BCUT2D eigenvalue weighted by atomic mass is 35.5. The predicted octanol–water partition coefficient (Wildman–Crippen LogP) is 5.04. The van der Waals surface area contributed by atoms with Gasteiger partial charge in [-0.05, 0) is 43.7 Å². The molecule has 0 unspecified atom stereocenters. The van der Waals surface area contributed by atoms with Gasteiger partial charge in [0.2, 0.25) is 11.8 Å². The molecule has 3 aromatic rings. The van der Waals surface area contributed by atoms with Gasteiger partial charge in [0.05, 0.1) is 15.5 Å². The summed E-state index contributed by atoms with van der Waals surface area (Å²) in [4.78, 5) is 38.7. The minimum Gasteiger partial charge on any atom is -0.354 e. The van der Waals surface area contributed by atoms with E-state index in [1.54, 1.807) is 24.3 Å². The molecule has 0 aromatic heterocycles. The molecule has 1 atom stereocenters. The van der Waals surface area contributed by atoms with Crippen molar-refractivity contribution in [1.82, 2.24) is 10.2 Å². The van der Waals surface area contributed by atoms with E-state index in [9.17, 15) is 28.1 Å². The van der Waals surface area contributed by atoms with Crippen molar-refractivity contribution in [2.75, 3.05) is 17.4 Å². The van der Waals surface area contributed by atoms with Gasteiger partial charge in [0, 0.05) is 40.8 Å². The summed E-state index contributed by atoms with van der Waals surface area (Å²) in [5.74, 6) is -1.20. The normalized spacial score (nSPS) is 11.9. The first-order valence-corrected chi connectivity index (χ1v) is 14.5. The van der Waals surface area contributed by atoms with Crippen LogP contribution in [0.4, 0.5) is 11.4 Å². The quantitative estimate of drug-likeness (QED) is 0.227. The number of benzene rings is 3. The number of anilines is 1. The molecule has 3 rings (SSSR count). The number of nitro groups is 1. The van der Waals surface area contributed by atoms with Crippen LogP contribution in [0.2, 0.25) is 10.0 Å². The highest BCUT2D eigenvalue weighted by Crippen LogP contribution is 2.29. The summed E-state index contributed by atoms with van der Waals surface area (Å²) in [6.07, 6.45) is 0.665. The molecule has 10 nitrogen and oxygen atoms in total. The number of hydrogen-bond acceptors (Lipinski definition) is 6. The van der Waals surface area contributed by atoms with Crippen molar-refractivity contribution in [3.05, 3.63) is 98.5 Å². The van der Waals surface area contributed by atoms with E-state index < -0.39 is 39.3 Å². The van der Waals surface area contributed by atoms with Crippen molar-refractivity contribution in [3.63, 3.8) is 0 Å². The number of rotatable bonds is 12. The van der Waals surface area contributed by atoms with Crippen molar-refractivity contribution >= 4 is 56.4 Å². The van der Waals surface area contributed by atoms with Gasteiger partial charge in [0.15, 0.2) is 0 Å². The van der Waals surface area contributed by atoms with Crippen LogP contribution in [-0.4, -0.2) is 49.2 Å². The lowest BCUT2D eigenvalue weighted by Crippen LogP contribution is -2.51. The zero-order chi connectivity index (χ0) is 29.4. The summed E-state index contributed by atoms with van der Waals surface area (Å²) in [5.41, 5.74) is -0.0717. The Morgan fingerprint density at radius 1 is 1.00 bits per heavy atom. The molecule has 0 fully saturated rings. The maximum Gasteiger partial charge on any atom is 0.271 e. The van der Waals surface area contributed by atoms with E-state index in [1.165, 1.54) is 54.3 Å². The Labute approximate surface area is 242 Å². The summed E-state index contributed by atoms with van der Waals surface area (Å²) in [6.45, 7) is 2.82. The molecule has 0 radical (unpaired) electrons. The van der Waals surface area contributed by atoms with Gasteiger partial charge < -0.3 is 10.2 Å². The Kier molecular flexibility index (Phi) is 10.5. The minimum absolute atomic E-state index is 0.0924. The number of carbonyl (C=O) groups excluding carboxylic acids is 2. The molecule has 0 saturated carbocycles. The van der Waals surface area contributed by atoms with Crippen LogP contribution in [0.5, 0.6) is 0 Å². The van der Waals surface area contributed by atoms with E-state index >= 15 is 0 Å². The summed E-state index contributed by atoms with van der Waals surface area (Å²) >= 11 is 12.7.